The van der Waals surface area contributed by atoms with E-state index in [1.165, 1.54) is 122 Å². The number of para-hydroxylation sites is 2. The SMILES string of the molecule is CCCCCCCCCCCCCC(=O)OC(CCCCCCCCCCCCC)CC(=O)O[C@H]1[C@H](OP(=O)(Oc2ccccc2)Oc2ccccc2)[C@@H](CO)OC(O)[C@@H]1NC(=O)CC(O)CCCCCCCCCCC. The van der Waals surface area contributed by atoms with Gasteiger partial charge < -0.3 is 43.9 Å². The molecule has 1 saturated heterocycles. The van der Waals surface area contributed by atoms with E-state index >= 15 is 0 Å². The van der Waals surface area contributed by atoms with Crippen LogP contribution < -0.4 is 14.4 Å². The van der Waals surface area contributed by atoms with Crippen LogP contribution in [0.25, 0.3) is 0 Å². The zero-order chi connectivity index (χ0) is 55.6. The van der Waals surface area contributed by atoms with Gasteiger partial charge in [-0.1, -0.05) is 243 Å². The minimum absolute atomic E-state index is 0.115. The number of phosphoric acid groups is 1. The summed E-state index contributed by atoms with van der Waals surface area (Å²) in [6, 6.07) is 14.8. The molecule has 0 aliphatic carbocycles. The number of amides is 1. The van der Waals surface area contributed by atoms with Crippen LogP contribution in [-0.4, -0.2) is 82.6 Å². The summed E-state index contributed by atoms with van der Waals surface area (Å²) in [5, 5.41) is 35.9. The molecule has 1 heterocycles. The molecule has 2 aromatic rings. The smallest absolute Gasteiger partial charge is 0.462 e. The molecule has 2 aromatic carbocycles. The van der Waals surface area contributed by atoms with Crippen molar-refractivity contribution in [2.45, 2.75) is 295 Å². The number of phosphoric ester groups is 1. The summed E-state index contributed by atoms with van der Waals surface area (Å²) in [5.41, 5.74) is 0. The molecule has 440 valence electrons. The Hall–Kier alpha value is -3.52. The first kappa shape index (κ1) is 67.8. The topological polar surface area (TPSA) is 196 Å². The third-order valence-electron chi connectivity index (χ3n) is 14.5. The molecule has 0 aromatic heterocycles. The molecule has 7 atom stereocenters. The van der Waals surface area contributed by atoms with E-state index in [2.05, 4.69) is 26.1 Å². The summed E-state index contributed by atoms with van der Waals surface area (Å²) in [6.07, 6.45) is 26.8. The fraction of sp³-hybridized carbons (Fsp3) is 0.758. The Kier molecular flexibility index (Phi) is 38.1. The molecule has 0 spiro atoms. The lowest BCUT2D eigenvalue weighted by molar-refractivity contribution is -0.256. The lowest BCUT2D eigenvalue weighted by Gasteiger charge is -2.44. The maximum Gasteiger partial charge on any atom is 0.588 e. The van der Waals surface area contributed by atoms with Crippen molar-refractivity contribution in [3.05, 3.63) is 60.7 Å². The van der Waals surface area contributed by atoms with Crippen LogP contribution in [-0.2, 0) is 37.7 Å². The average Bonchev–Trinajstić information content (AvgIpc) is 3.41. The number of aliphatic hydroxyl groups is 3. The zero-order valence-electron chi connectivity index (χ0n) is 47.8. The molecule has 0 saturated carbocycles. The van der Waals surface area contributed by atoms with Gasteiger partial charge in [-0.3, -0.25) is 18.9 Å². The van der Waals surface area contributed by atoms with E-state index in [9.17, 15) is 34.3 Å². The van der Waals surface area contributed by atoms with E-state index in [4.69, 9.17) is 27.8 Å². The van der Waals surface area contributed by atoms with Crippen molar-refractivity contribution >= 4 is 25.7 Å². The highest BCUT2D eigenvalue weighted by Gasteiger charge is 2.53. The zero-order valence-corrected chi connectivity index (χ0v) is 48.7. The molecule has 3 unspecified atom stereocenters. The van der Waals surface area contributed by atoms with E-state index in [1.807, 2.05) is 0 Å². The average molecular weight is 1100 g/mol. The molecule has 3 rings (SSSR count). The minimum Gasteiger partial charge on any atom is -0.462 e. The number of esters is 2. The number of rotatable bonds is 48. The van der Waals surface area contributed by atoms with Crippen LogP contribution in [0.5, 0.6) is 11.5 Å². The van der Waals surface area contributed by atoms with Crippen molar-refractivity contribution < 1.29 is 62.1 Å². The molecule has 15 heteroatoms. The van der Waals surface area contributed by atoms with E-state index in [0.717, 1.165) is 64.2 Å². The van der Waals surface area contributed by atoms with Crippen LogP contribution in [0.3, 0.4) is 0 Å². The predicted molar refractivity (Wildman–Crippen MR) is 306 cm³/mol. The Balaban J connectivity index is 1.81. The Bertz CT molecular complexity index is 1780. The summed E-state index contributed by atoms with van der Waals surface area (Å²) in [4.78, 5) is 41.6. The van der Waals surface area contributed by atoms with E-state index < -0.39 is 75.1 Å². The number of carbonyl (C=O) groups excluding carboxylic acids is 3. The molecular weight excluding hydrogens is 998 g/mol. The minimum atomic E-state index is -4.79. The maximum absolute atomic E-state index is 14.9. The number of unbranched alkanes of at least 4 members (excludes halogenated alkanes) is 28. The third kappa shape index (κ3) is 31.8. The molecule has 0 bridgehead atoms. The lowest BCUT2D eigenvalue weighted by atomic mass is 9.96. The monoisotopic (exact) mass is 1100 g/mol. The second-order valence-corrected chi connectivity index (χ2v) is 23.0. The van der Waals surface area contributed by atoms with Gasteiger partial charge >= 0.3 is 19.8 Å². The first-order valence-electron chi connectivity index (χ1n) is 30.6. The lowest BCUT2D eigenvalue weighted by Crippen LogP contribution is -2.66. The van der Waals surface area contributed by atoms with Crippen molar-refractivity contribution in [1.82, 2.24) is 5.32 Å². The van der Waals surface area contributed by atoms with E-state index in [1.54, 1.807) is 60.7 Å². The summed E-state index contributed by atoms with van der Waals surface area (Å²) >= 11 is 0. The number of hydrogen-bond donors (Lipinski definition) is 4. The predicted octanol–water partition coefficient (Wildman–Crippen LogP) is 15.1. The summed E-state index contributed by atoms with van der Waals surface area (Å²) in [6.45, 7) is 5.85. The van der Waals surface area contributed by atoms with Crippen molar-refractivity contribution in [3.63, 3.8) is 0 Å². The Morgan fingerprint density at radius 3 is 1.42 bits per heavy atom. The normalized spacial score (nSPS) is 18.3. The quantitative estimate of drug-likeness (QED) is 0.0278. The van der Waals surface area contributed by atoms with Crippen LogP contribution in [0.4, 0.5) is 0 Å². The standard InChI is InChI=1S/C62H104NO13P/c1-4-7-10-13-16-19-21-24-27-30-35-46-54(71-57(67)47-40-31-28-25-22-20-17-14-11-8-5-2)49-58(68)73-61-59(63-56(66)48-51(65)41-34-29-26-23-18-15-12-9-6-3)62(69)72-55(50-64)60(61)76-77(70,74-52-42-36-32-37-43-52)75-53-44-38-33-39-45-53/h32-33,36-39,42-45,51,54-55,59-62,64-65,69H,4-31,34-35,40-41,46-50H2,1-3H3,(H,63,66)/t51?,54?,55-,59-,60-,61-,62?/m1/s1. The van der Waals surface area contributed by atoms with Gasteiger partial charge in [0.15, 0.2) is 12.4 Å². The second-order valence-electron chi connectivity index (χ2n) is 21.5. The molecule has 1 aliphatic rings. The van der Waals surface area contributed by atoms with E-state index in [-0.39, 0.29) is 30.8 Å². The highest BCUT2D eigenvalue weighted by Crippen LogP contribution is 2.52. The van der Waals surface area contributed by atoms with Crippen LogP contribution >= 0.6 is 7.82 Å². The highest BCUT2D eigenvalue weighted by atomic mass is 31.2. The molecule has 1 amide bonds. The fourth-order valence-corrected chi connectivity index (χ4v) is 11.4. The number of benzene rings is 2. The summed E-state index contributed by atoms with van der Waals surface area (Å²) in [5.74, 6) is -1.68. The number of nitrogens with one attached hydrogen (secondary N) is 1. The molecule has 77 heavy (non-hydrogen) atoms. The van der Waals surface area contributed by atoms with Crippen molar-refractivity contribution in [2.75, 3.05) is 6.61 Å². The van der Waals surface area contributed by atoms with Gasteiger partial charge in [-0.05, 0) is 49.9 Å². The van der Waals surface area contributed by atoms with Gasteiger partial charge in [-0.2, -0.15) is 0 Å². The Morgan fingerprint density at radius 1 is 0.558 bits per heavy atom. The van der Waals surface area contributed by atoms with Crippen molar-refractivity contribution in [1.29, 1.82) is 0 Å². The van der Waals surface area contributed by atoms with Gasteiger partial charge in [-0.25, -0.2) is 4.57 Å². The van der Waals surface area contributed by atoms with Crippen LogP contribution in [0.15, 0.2) is 60.7 Å². The Morgan fingerprint density at radius 2 is 0.974 bits per heavy atom. The number of ether oxygens (including phenoxy) is 3. The summed E-state index contributed by atoms with van der Waals surface area (Å²) in [7, 11) is -4.79. The number of aliphatic hydroxyl groups excluding tert-OH is 3. The van der Waals surface area contributed by atoms with Gasteiger partial charge in [0.05, 0.1) is 25.6 Å². The molecule has 4 N–H and O–H groups in total. The van der Waals surface area contributed by atoms with Crippen molar-refractivity contribution in [2.24, 2.45) is 0 Å². The molecular formula is C62H104NO13P. The molecule has 14 nitrogen and oxygen atoms in total. The number of carbonyl (C=O) groups is 3. The first-order valence-corrected chi connectivity index (χ1v) is 32.0. The summed E-state index contributed by atoms with van der Waals surface area (Å²) < 4.78 is 51.0. The van der Waals surface area contributed by atoms with Crippen LogP contribution in [0, 0.1) is 0 Å². The molecule has 0 radical (unpaired) electrons. The highest BCUT2D eigenvalue weighted by molar-refractivity contribution is 7.49. The van der Waals surface area contributed by atoms with Crippen LogP contribution in [0.1, 0.15) is 252 Å². The first-order chi connectivity index (χ1) is 37.5. The van der Waals surface area contributed by atoms with Gasteiger partial charge in [0.2, 0.25) is 5.91 Å². The Labute approximate surface area is 464 Å². The van der Waals surface area contributed by atoms with Gasteiger partial charge in [0, 0.05) is 6.42 Å². The van der Waals surface area contributed by atoms with E-state index in [0.29, 0.717) is 25.7 Å². The third-order valence-corrected chi connectivity index (χ3v) is 15.9. The maximum atomic E-state index is 14.9. The largest absolute Gasteiger partial charge is 0.588 e. The molecule has 1 fully saturated rings. The number of hydrogen-bond acceptors (Lipinski definition) is 13. The van der Waals surface area contributed by atoms with Crippen LogP contribution in [0.2, 0.25) is 0 Å². The van der Waals surface area contributed by atoms with Crippen molar-refractivity contribution in [3.8, 4) is 11.5 Å². The van der Waals surface area contributed by atoms with Gasteiger partial charge in [-0.15, -0.1) is 0 Å². The molecule has 1 aliphatic heterocycles. The van der Waals surface area contributed by atoms with Gasteiger partial charge in [0.25, 0.3) is 0 Å². The second kappa shape index (κ2) is 43.3. The van der Waals surface area contributed by atoms with Gasteiger partial charge in [0.1, 0.15) is 35.9 Å². The fourth-order valence-electron chi connectivity index (χ4n) is 9.97.